The lowest BCUT2D eigenvalue weighted by molar-refractivity contribution is -0.236. The Hall–Kier alpha value is -1.89. The number of H-pyrrole nitrogens is 1. The van der Waals surface area contributed by atoms with Crippen molar-refractivity contribution in [3.63, 3.8) is 0 Å². The lowest BCUT2D eigenvalue weighted by Crippen LogP contribution is -2.49. The largest absolute Gasteiger partial charge is 0.422 e. The van der Waals surface area contributed by atoms with Crippen LogP contribution in [0.25, 0.3) is 10.9 Å². The summed E-state index contributed by atoms with van der Waals surface area (Å²) in [7, 11) is 0. The smallest absolute Gasteiger partial charge is 0.376 e. The molecule has 0 fully saturated rings. The van der Waals surface area contributed by atoms with E-state index in [1.165, 1.54) is 6.20 Å². The van der Waals surface area contributed by atoms with Crippen LogP contribution in [0.1, 0.15) is 27.2 Å². The van der Waals surface area contributed by atoms with Crippen LogP contribution in [0.15, 0.2) is 29.4 Å². The number of aliphatic imine (C=N–C) groups is 1. The van der Waals surface area contributed by atoms with Crippen LogP contribution in [-0.2, 0) is 0 Å². The van der Waals surface area contributed by atoms with Crippen molar-refractivity contribution in [2.45, 2.75) is 39.0 Å². The Balaban J connectivity index is 2.41. The molecule has 2 rings (SSSR count). The minimum absolute atomic E-state index is 0.322. The quantitative estimate of drug-likeness (QED) is 0.842. The van der Waals surface area contributed by atoms with Gasteiger partial charge in [-0.25, -0.2) is 0 Å². The van der Waals surface area contributed by atoms with Gasteiger partial charge in [-0.1, -0.05) is 26.8 Å². The van der Waals surface area contributed by atoms with Gasteiger partial charge >= 0.3 is 6.18 Å². The monoisotopic (exact) mass is 313 g/mol. The Morgan fingerprint density at radius 1 is 1.27 bits per heavy atom. The van der Waals surface area contributed by atoms with E-state index in [9.17, 15) is 18.3 Å². The number of nitrogens with zero attached hydrogens (tertiary/aromatic N) is 2. The summed E-state index contributed by atoms with van der Waals surface area (Å²) in [5.41, 5.74) is -2.70. The number of aromatic nitrogens is 2. The number of aliphatic hydroxyl groups is 1. The molecular formula is C15H18F3N3O. The average Bonchev–Trinajstić information content (AvgIpc) is 2.81. The van der Waals surface area contributed by atoms with Crippen LogP contribution in [0.4, 0.5) is 18.9 Å². The van der Waals surface area contributed by atoms with E-state index >= 15 is 0 Å². The molecule has 1 unspecified atom stereocenters. The third-order valence-electron chi connectivity index (χ3n) is 3.17. The van der Waals surface area contributed by atoms with Crippen LogP contribution in [0.5, 0.6) is 0 Å². The third-order valence-corrected chi connectivity index (χ3v) is 3.17. The van der Waals surface area contributed by atoms with Crippen molar-refractivity contribution in [1.29, 1.82) is 0 Å². The minimum Gasteiger partial charge on any atom is -0.376 e. The highest BCUT2D eigenvalue weighted by atomic mass is 19.4. The molecule has 4 nitrogen and oxygen atoms in total. The van der Waals surface area contributed by atoms with E-state index in [2.05, 4.69) is 15.2 Å². The molecule has 0 saturated carbocycles. The molecule has 1 atom stereocenters. The summed E-state index contributed by atoms with van der Waals surface area (Å²) in [5.74, 6) is 0. The van der Waals surface area contributed by atoms with Gasteiger partial charge in [0.05, 0.1) is 17.4 Å². The van der Waals surface area contributed by atoms with Gasteiger partial charge in [0.25, 0.3) is 0 Å². The maximum atomic E-state index is 13.2. The van der Waals surface area contributed by atoms with Crippen LogP contribution in [0.3, 0.4) is 0 Å². The molecule has 22 heavy (non-hydrogen) atoms. The summed E-state index contributed by atoms with van der Waals surface area (Å²) < 4.78 is 39.7. The van der Waals surface area contributed by atoms with Crippen LogP contribution in [-0.4, -0.2) is 33.3 Å². The molecule has 0 aliphatic heterocycles. The molecule has 0 spiro atoms. The Bertz CT molecular complexity index is 685. The normalized spacial score (nSPS) is 16.3. The summed E-state index contributed by atoms with van der Waals surface area (Å²) >= 11 is 0. The minimum atomic E-state index is -4.80. The van der Waals surface area contributed by atoms with Crippen LogP contribution >= 0.6 is 0 Å². The molecule has 0 aliphatic rings. The fourth-order valence-corrected chi connectivity index (χ4v) is 2.27. The second kappa shape index (κ2) is 5.39. The number of aromatic amines is 1. The zero-order valence-corrected chi connectivity index (χ0v) is 12.6. The maximum absolute atomic E-state index is 13.2. The molecule has 7 heteroatoms. The lowest BCUT2D eigenvalue weighted by atomic mass is 9.82. The number of rotatable bonds is 3. The SMILES string of the molecule is CC(C)(C)CC(O)(C=Nc1cccc2[nH]ncc12)C(F)(F)F. The highest BCUT2D eigenvalue weighted by Crippen LogP contribution is 2.38. The van der Waals surface area contributed by atoms with Crippen LogP contribution in [0.2, 0.25) is 0 Å². The molecule has 0 aliphatic carbocycles. The Morgan fingerprint density at radius 2 is 1.95 bits per heavy atom. The van der Waals surface area contributed by atoms with Gasteiger partial charge in [-0.2, -0.15) is 18.3 Å². The van der Waals surface area contributed by atoms with Gasteiger partial charge in [-0.3, -0.25) is 10.1 Å². The first kappa shape index (κ1) is 16.5. The van der Waals surface area contributed by atoms with E-state index in [1.807, 2.05) is 0 Å². The second-order valence-corrected chi connectivity index (χ2v) is 6.53. The molecular weight excluding hydrogens is 295 g/mol. The van der Waals surface area contributed by atoms with E-state index < -0.39 is 23.6 Å². The molecule has 2 N–H and O–H groups in total. The fraction of sp³-hybridized carbons (Fsp3) is 0.467. The van der Waals surface area contributed by atoms with Gasteiger partial charge in [0.1, 0.15) is 0 Å². The van der Waals surface area contributed by atoms with Crippen LogP contribution < -0.4 is 0 Å². The van der Waals surface area contributed by atoms with Crippen molar-refractivity contribution in [3.05, 3.63) is 24.4 Å². The lowest BCUT2D eigenvalue weighted by Gasteiger charge is -2.32. The molecule has 120 valence electrons. The van der Waals surface area contributed by atoms with E-state index in [-0.39, 0.29) is 0 Å². The molecule has 0 amide bonds. The van der Waals surface area contributed by atoms with Gasteiger partial charge in [-0.05, 0) is 24.0 Å². The van der Waals surface area contributed by atoms with Crippen molar-refractivity contribution < 1.29 is 18.3 Å². The third kappa shape index (κ3) is 3.47. The van der Waals surface area contributed by atoms with Crippen molar-refractivity contribution >= 4 is 22.8 Å². The Morgan fingerprint density at radius 3 is 2.55 bits per heavy atom. The predicted molar refractivity (Wildman–Crippen MR) is 79.3 cm³/mol. The summed E-state index contributed by atoms with van der Waals surface area (Å²) in [6.07, 6.45) is -3.21. The number of fused-ring (bicyclic) bond motifs is 1. The molecule has 0 radical (unpaired) electrons. The fourth-order valence-electron chi connectivity index (χ4n) is 2.27. The molecule has 0 bridgehead atoms. The second-order valence-electron chi connectivity index (χ2n) is 6.53. The first-order valence-electron chi connectivity index (χ1n) is 6.78. The summed E-state index contributed by atoms with van der Waals surface area (Å²) in [6, 6.07) is 4.97. The summed E-state index contributed by atoms with van der Waals surface area (Å²) in [4.78, 5) is 3.87. The summed E-state index contributed by atoms with van der Waals surface area (Å²) in [6.45, 7) is 4.90. The maximum Gasteiger partial charge on any atom is 0.422 e. The molecule has 1 aromatic carbocycles. The zero-order chi connectivity index (χ0) is 16.6. The highest BCUT2D eigenvalue weighted by molar-refractivity contribution is 5.91. The molecule has 1 aromatic heterocycles. The number of nitrogens with one attached hydrogen (secondary N) is 1. The first-order valence-corrected chi connectivity index (χ1v) is 6.78. The van der Waals surface area contributed by atoms with E-state index in [0.29, 0.717) is 22.8 Å². The number of hydrogen-bond donors (Lipinski definition) is 2. The van der Waals surface area contributed by atoms with Crippen molar-refractivity contribution in [2.75, 3.05) is 0 Å². The van der Waals surface area contributed by atoms with Crippen molar-refractivity contribution in [2.24, 2.45) is 10.4 Å². The number of alkyl halides is 3. The van der Waals surface area contributed by atoms with E-state index in [0.717, 1.165) is 0 Å². The number of halogens is 3. The topological polar surface area (TPSA) is 61.3 Å². The van der Waals surface area contributed by atoms with Gasteiger partial charge in [-0.15, -0.1) is 0 Å². The summed E-state index contributed by atoms with van der Waals surface area (Å²) in [5, 5.41) is 17.2. The van der Waals surface area contributed by atoms with Crippen LogP contribution in [0, 0.1) is 5.41 Å². The molecule has 2 aromatic rings. The van der Waals surface area contributed by atoms with Crippen molar-refractivity contribution in [3.8, 4) is 0 Å². The number of benzene rings is 1. The highest BCUT2D eigenvalue weighted by Gasteiger charge is 2.54. The number of hydrogen-bond acceptors (Lipinski definition) is 3. The van der Waals surface area contributed by atoms with Gasteiger partial charge in [0.15, 0.2) is 5.60 Å². The van der Waals surface area contributed by atoms with Gasteiger partial charge < -0.3 is 5.11 Å². The first-order chi connectivity index (χ1) is 10.0. The Kier molecular flexibility index (Phi) is 4.04. The molecule has 0 saturated heterocycles. The van der Waals surface area contributed by atoms with Gasteiger partial charge in [0, 0.05) is 11.6 Å². The van der Waals surface area contributed by atoms with E-state index in [1.54, 1.807) is 39.0 Å². The predicted octanol–water partition coefficient (Wildman–Crippen LogP) is 3.99. The average molecular weight is 313 g/mol. The Labute approximate surface area is 126 Å². The standard InChI is InChI=1S/C15H18F3N3O/c1-13(2,3)8-14(22,15(16,17)18)9-19-11-5-4-6-12-10(11)7-20-21-12/h4-7,9,22H,8H2,1-3H3,(H,20,21). The van der Waals surface area contributed by atoms with Gasteiger partial charge in [0.2, 0.25) is 0 Å². The van der Waals surface area contributed by atoms with E-state index in [4.69, 9.17) is 0 Å². The zero-order valence-electron chi connectivity index (χ0n) is 12.6. The van der Waals surface area contributed by atoms with Crippen molar-refractivity contribution in [1.82, 2.24) is 10.2 Å². The molecule has 1 heterocycles.